The van der Waals surface area contributed by atoms with E-state index in [-0.39, 0.29) is 11.8 Å². The van der Waals surface area contributed by atoms with Gasteiger partial charge in [0.05, 0.1) is 11.4 Å². The molecule has 3 heterocycles. The summed E-state index contributed by atoms with van der Waals surface area (Å²) in [6.45, 7) is 3.93. The summed E-state index contributed by atoms with van der Waals surface area (Å²) in [7, 11) is 0. The average Bonchev–Trinajstić information content (AvgIpc) is 2.89. The van der Waals surface area contributed by atoms with Crippen LogP contribution in [0.15, 0.2) is 47.8 Å². The van der Waals surface area contributed by atoms with Crippen LogP contribution in [0.5, 0.6) is 5.88 Å². The second-order valence-electron chi connectivity index (χ2n) is 8.63. The maximum Gasteiger partial charge on any atom is 0.433 e. The minimum Gasteiger partial charge on any atom is -0.336 e. The summed E-state index contributed by atoms with van der Waals surface area (Å²) in [6, 6.07) is 5.95. The summed E-state index contributed by atoms with van der Waals surface area (Å²) in [5, 5.41) is 6.23. The number of rotatable bonds is 5. The maximum atomic E-state index is 13.9. The topological polar surface area (TPSA) is 92.6 Å². The van der Waals surface area contributed by atoms with Gasteiger partial charge in [-0.2, -0.15) is 13.2 Å². The lowest BCUT2D eigenvalue weighted by Crippen LogP contribution is -2.41. The number of piperidine rings is 1. The largest absolute Gasteiger partial charge is 0.433 e. The summed E-state index contributed by atoms with van der Waals surface area (Å²) in [5.41, 5.74) is -0.0842. The summed E-state index contributed by atoms with van der Waals surface area (Å²) in [4.78, 5) is 31.4. The van der Waals surface area contributed by atoms with Crippen LogP contribution in [0.25, 0.3) is 0 Å². The lowest BCUT2D eigenvalue weighted by molar-refractivity contribution is -0.141. The maximum absolute atomic E-state index is 13.9. The Hall–Kier alpha value is -4.16. The fourth-order valence-electron chi connectivity index (χ4n) is 4.02. The lowest BCUT2D eigenvalue weighted by atomic mass is 9.90. The van der Waals surface area contributed by atoms with Gasteiger partial charge in [-0.15, -0.1) is 0 Å². The van der Waals surface area contributed by atoms with Crippen molar-refractivity contribution in [2.75, 3.05) is 18.4 Å². The van der Waals surface area contributed by atoms with Crippen molar-refractivity contribution in [1.29, 1.82) is 0 Å². The fourth-order valence-corrected chi connectivity index (χ4v) is 4.02. The van der Waals surface area contributed by atoms with Gasteiger partial charge in [-0.1, -0.05) is 17.3 Å². The molecule has 4 rings (SSSR count). The van der Waals surface area contributed by atoms with E-state index in [4.69, 9.17) is 4.84 Å². The van der Waals surface area contributed by atoms with Crippen LogP contribution in [-0.4, -0.2) is 44.7 Å². The molecule has 1 fully saturated rings. The minimum absolute atomic E-state index is 0.0993. The van der Waals surface area contributed by atoms with Crippen molar-refractivity contribution in [3.8, 4) is 5.88 Å². The number of carbonyl (C=O) groups excluding carboxylic acids is 1. The van der Waals surface area contributed by atoms with Crippen LogP contribution in [0.4, 0.5) is 32.4 Å². The number of anilines is 1. The molecule has 8 nitrogen and oxygen atoms in total. The van der Waals surface area contributed by atoms with Gasteiger partial charge in [0.1, 0.15) is 28.8 Å². The summed E-state index contributed by atoms with van der Waals surface area (Å²) in [5.74, 6) is -1.65. The van der Waals surface area contributed by atoms with E-state index < -0.39 is 35.2 Å². The first-order chi connectivity index (χ1) is 18.0. The highest BCUT2D eigenvalue weighted by Gasteiger charge is 2.33. The Labute approximate surface area is 214 Å². The number of pyridine rings is 1. The van der Waals surface area contributed by atoms with E-state index >= 15 is 0 Å². The molecule has 0 bridgehead atoms. The first-order valence-corrected chi connectivity index (χ1v) is 11.6. The van der Waals surface area contributed by atoms with E-state index in [1.54, 1.807) is 20.0 Å². The van der Waals surface area contributed by atoms with E-state index in [1.165, 1.54) is 23.1 Å². The summed E-state index contributed by atoms with van der Waals surface area (Å²) in [6.07, 6.45) is -2.06. The number of aryl methyl sites for hydroxylation is 1. The highest BCUT2D eigenvalue weighted by atomic mass is 19.4. The van der Waals surface area contributed by atoms with Crippen molar-refractivity contribution >= 4 is 17.4 Å². The zero-order chi connectivity index (χ0) is 27.4. The number of para-hydroxylation sites is 1. The van der Waals surface area contributed by atoms with Gasteiger partial charge in [0.2, 0.25) is 5.88 Å². The SMILES string of the molecule is CC(=NOc1cccc(C(F)(F)F)n1)c1cnc(C)nc1C1CCN(C(=O)Nc2c(F)cccc2F)CC1. The molecule has 0 saturated carbocycles. The monoisotopic (exact) mass is 534 g/mol. The molecule has 1 aliphatic rings. The number of nitrogens with one attached hydrogen (secondary N) is 1. The number of likely N-dealkylation sites (tertiary alicyclic amines) is 1. The van der Waals surface area contributed by atoms with Gasteiger partial charge < -0.3 is 15.1 Å². The Balaban J connectivity index is 1.46. The van der Waals surface area contributed by atoms with Gasteiger partial charge in [-0.25, -0.2) is 28.5 Å². The van der Waals surface area contributed by atoms with Crippen LogP contribution in [0.1, 0.15) is 48.5 Å². The molecule has 200 valence electrons. The Bertz CT molecular complexity index is 1340. The zero-order valence-electron chi connectivity index (χ0n) is 20.4. The molecule has 1 N–H and O–H groups in total. The van der Waals surface area contributed by atoms with Crippen molar-refractivity contribution in [2.24, 2.45) is 5.16 Å². The van der Waals surface area contributed by atoms with E-state index in [1.807, 2.05) is 0 Å². The fraction of sp³-hybridized carbons (Fsp3) is 0.320. The number of carbonyl (C=O) groups is 1. The third-order valence-electron chi connectivity index (χ3n) is 5.98. The quantitative estimate of drug-likeness (QED) is 0.258. The van der Waals surface area contributed by atoms with Crippen LogP contribution in [0.2, 0.25) is 0 Å². The van der Waals surface area contributed by atoms with E-state index in [2.05, 4.69) is 25.4 Å². The van der Waals surface area contributed by atoms with Crippen molar-refractivity contribution in [2.45, 2.75) is 38.8 Å². The Kier molecular flexibility index (Phi) is 7.83. The van der Waals surface area contributed by atoms with Crippen molar-refractivity contribution in [3.63, 3.8) is 0 Å². The number of hydrogen-bond acceptors (Lipinski definition) is 6. The van der Waals surface area contributed by atoms with Gasteiger partial charge in [0.15, 0.2) is 0 Å². The number of aromatic nitrogens is 3. The molecule has 0 spiro atoms. The first kappa shape index (κ1) is 26.9. The third-order valence-corrected chi connectivity index (χ3v) is 5.98. The standard InChI is InChI=1S/C25H23F5N6O2/c1-14(35-38-21-8-4-7-20(33-21)25(28,29)30)17-13-31-15(2)32-22(17)16-9-11-36(12-10-16)24(37)34-23-18(26)5-3-6-19(23)27/h3-8,13,16H,9-12H2,1-2H3,(H,34,37). The lowest BCUT2D eigenvalue weighted by Gasteiger charge is -2.32. The highest BCUT2D eigenvalue weighted by molar-refractivity contribution is 5.99. The molecule has 0 radical (unpaired) electrons. The number of benzene rings is 1. The zero-order valence-corrected chi connectivity index (χ0v) is 20.4. The van der Waals surface area contributed by atoms with Gasteiger partial charge >= 0.3 is 12.2 Å². The second kappa shape index (κ2) is 11.1. The number of oxime groups is 1. The molecule has 1 saturated heterocycles. The number of amides is 2. The summed E-state index contributed by atoms with van der Waals surface area (Å²) >= 11 is 0. The normalized spacial score (nSPS) is 14.9. The van der Waals surface area contributed by atoms with Gasteiger partial charge in [0, 0.05) is 36.8 Å². The number of halogens is 5. The predicted molar refractivity (Wildman–Crippen MR) is 128 cm³/mol. The van der Waals surface area contributed by atoms with Crippen LogP contribution in [0.3, 0.4) is 0 Å². The van der Waals surface area contributed by atoms with Crippen LogP contribution < -0.4 is 10.2 Å². The molecule has 0 aliphatic carbocycles. The summed E-state index contributed by atoms with van der Waals surface area (Å²) < 4.78 is 66.6. The molecule has 2 amide bonds. The van der Waals surface area contributed by atoms with E-state index in [0.29, 0.717) is 48.7 Å². The van der Waals surface area contributed by atoms with Crippen LogP contribution in [-0.2, 0) is 6.18 Å². The Morgan fingerprint density at radius 3 is 2.39 bits per heavy atom. The highest BCUT2D eigenvalue weighted by Crippen LogP contribution is 2.31. The van der Waals surface area contributed by atoms with Crippen LogP contribution >= 0.6 is 0 Å². The molecular formula is C25H23F5N6O2. The first-order valence-electron chi connectivity index (χ1n) is 11.6. The molecule has 1 aromatic carbocycles. The Morgan fingerprint density at radius 1 is 1.08 bits per heavy atom. The van der Waals surface area contributed by atoms with Crippen molar-refractivity contribution in [1.82, 2.24) is 19.9 Å². The molecule has 38 heavy (non-hydrogen) atoms. The molecule has 3 aromatic rings. The smallest absolute Gasteiger partial charge is 0.336 e. The number of hydrogen-bond donors (Lipinski definition) is 1. The van der Waals surface area contributed by atoms with E-state index in [9.17, 15) is 26.7 Å². The molecular weight excluding hydrogens is 511 g/mol. The van der Waals surface area contributed by atoms with Crippen LogP contribution in [0, 0.1) is 18.6 Å². The van der Waals surface area contributed by atoms with Crippen molar-refractivity contribution in [3.05, 3.63) is 77.0 Å². The number of alkyl halides is 3. The molecule has 13 heteroatoms. The number of nitrogens with zero attached hydrogens (tertiary/aromatic N) is 5. The van der Waals surface area contributed by atoms with Gasteiger partial charge in [-0.3, -0.25) is 0 Å². The molecule has 2 aromatic heterocycles. The average molecular weight is 534 g/mol. The minimum atomic E-state index is -4.62. The second-order valence-corrected chi connectivity index (χ2v) is 8.63. The molecule has 1 aliphatic heterocycles. The van der Waals surface area contributed by atoms with E-state index in [0.717, 1.165) is 18.2 Å². The molecule has 0 atom stereocenters. The Morgan fingerprint density at radius 2 is 1.74 bits per heavy atom. The molecule has 0 unspecified atom stereocenters. The van der Waals surface area contributed by atoms with Crippen molar-refractivity contribution < 1.29 is 31.6 Å². The predicted octanol–water partition coefficient (Wildman–Crippen LogP) is 5.69. The van der Waals surface area contributed by atoms with Gasteiger partial charge in [0.25, 0.3) is 0 Å². The third kappa shape index (κ3) is 6.21. The number of urea groups is 1. The van der Waals surface area contributed by atoms with Gasteiger partial charge in [-0.05, 0) is 44.9 Å².